The quantitative estimate of drug-likeness (QED) is 0.449. The zero-order chi connectivity index (χ0) is 22.9. The highest BCUT2D eigenvalue weighted by Gasteiger charge is 2.25. The van der Waals surface area contributed by atoms with E-state index in [1.54, 1.807) is 18.7 Å². The third-order valence-corrected chi connectivity index (χ3v) is 6.94. The molecule has 1 saturated heterocycles. The van der Waals surface area contributed by atoms with Gasteiger partial charge in [0, 0.05) is 48.6 Å². The van der Waals surface area contributed by atoms with Crippen molar-refractivity contribution in [3.63, 3.8) is 0 Å². The van der Waals surface area contributed by atoms with Gasteiger partial charge in [-0.3, -0.25) is 4.98 Å². The van der Waals surface area contributed by atoms with Gasteiger partial charge in [0.25, 0.3) is 5.78 Å². The minimum absolute atomic E-state index is 0.187. The van der Waals surface area contributed by atoms with Gasteiger partial charge in [0.2, 0.25) is 0 Å². The molecule has 2 fully saturated rings. The van der Waals surface area contributed by atoms with E-state index in [1.807, 2.05) is 11.4 Å². The molecule has 4 heterocycles. The van der Waals surface area contributed by atoms with E-state index >= 15 is 0 Å². The number of fused-ring (bicyclic) bond motifs is 2. The summed E-state index contributed by atoms with van der Waals surface area (Å²) in [6.45, 7) is 5.27. The molecule has 2 aliphatic rings. The van der Waals surface area contributed by atoms with Crippen LogP contribution in [-0.2, 0) is 11.2 Å². The molecule has 0 unspecified atom stereocenters. The number of rotatable bonds is 5. The van der Waals surface area contributed by atoms with E-state index in [-0.39, 0.29) is 6.10 Å². The predicted octanol–water partition coefficient (Wildman–Crippen LogP) is 3.39. The van der Waals surface area contributed by atoms with E-state index in [2.05, 4.69) is 48.1 Å². The molecule has 34 heavy (non-hydrogen) atoms. The summed E-state index contributed by atoms with van der Waals surface area (Å²) in [6.07, 6.45) is 10.5. The second kappa shape index (κ2) is 9.13. The van der Waals surface area contributed by atoms with E-state index in [0.717, 1.165) is 86.6 Å². The van der Waals surface area contributed by atoms with Crippen LogP contribution < -0.4 is 9.64 Å². The Labute approximate surface area is 198 Å². The van der Waals surface area contributed by atoms with Gasteiger partial charge in [0.15, 0.2) is 0 Å². The number of aromatic nitrogens is 6. The molecule has 1 aromatic carbocycles. The van der Waals surface area contributed by atoms with E-state index in [9.17, 15) is 0 Å². The van der Waals surface area contributed by atoms with Crippen LogP contribution in [0.25, 0.3) is 16.8 Å². The average Bonchev–Trinajstić information content (AvgIpc) is 3.34. The molecule has 9 heteroatoms. The number of aryl methyl sites for hydroxylation is 1. The first-order valence-corrected chi connectivity index (χ1v) is 12.1. The van der Waals surface area contributed by atoms with Gasteiger partial charge < -0.3 is 14.4 Å². The fourth-order valence-corrected chi connectivity index (χ4v) is 5.20. The Bertz CT molecular complexity index is 1290. The van der Waals surface area contributed by atoms with Crippen LogP contribution in [0.1, 0.15) is 37.1 Å². The minimum Gasteiger partial charge on any atom is -0.488 e. The summed E-state index contributed by atoms with van der Waals surface area (Å²) in [5.41, 5.74) is 5.01. The normalized spacial score (nSPS) is 21.3. The Kier molecular flexibility index (Phi) is 5.70. The number of hydrogen-bond donors (Lipinski definition) is 0. The van der Waals surface area contributed by atoms with Gasteiger partial charge in [-0.25, -0.2) is 14.5 Å². The molecule has 3 aromatic heterocycles. The van der Waals surface area contributed by atoms with Crippen LogP contribution >= 0.6 is 0 Å². The first-order valence-electron chi connectivity index (χ1n) is 12.1. The number of hydrogen-bond acceptors (Lipinski definition) is 8. The Morgan fingerprint density at radius 1 is 1.00 bits per heavy atom. The fraction of sp³-hybridized carbons (Fsp3) is 0.480. The highest BCUT2D eigenvalue weighted by molar-refractivity contribution is 5.85. The number of anilines is 1. The van der Waals surface area contributed by atoms with Crippen LogP contribution in [-0.4, -0.2) is 62.0 Å². The van der Waals surface area contributed by atoms with Crippen molar-refractivity contribution in [3.05, 3.63) is 48.3 Å². The smallest absolute Gasteiger partial charge is 0.252 e. The summed E-state index contributed by atoms with van der Waals surface area (Å²) in [5.74, 6) is 2.12. The molecule has 0 bridgehead atoms. The van der Waals surface area contributed by atoms with Gasteiger partial charge in [-0.05, 0) is 57.1 Å². The first-order chi connectivity index (χ1) is 16.7. The lowest BCUT2D eigenvalue weighted by Gasteiger charge is -2.31. The van der Waals surface area contributed by atoms with Crippen LogP contribution in [0, 0.1) is 12.8 Å². The van der Waals surface area contributed by atoms with Gasteiger partial charge >= 0.3 is 0 Å². The monoisotopic (exact) mass is 459 g/mol. The molecule has 0 N–H and O–H groups in total. The Morgan fingerprint density at radius 3 is 2.68 bits per heavy atom. The maximum absolute atomic E-state index is 6.58. The lowest BCUT2D eigenvalue weighted by Crippen LogP contribution is -2.36. The van der Waals surface area contributed by atoms with Crippen LogP contribution in [0.2, 0.25) is 0 Å². The van der Waals surface area contributed by atoms with Gasteiger partial charge in [0.1, 0.15) is 17.6 Å². The predicted molar refractivity (Wildman–Crippen MR) is 128 cm³/mol. The van der Waals surface area contributed by atoms with Gasteiger partial charge in [-0.15, -0.1) is 0 Å². The second-order valence-electron chi connectivity index (χ2n) is 9.29. The molecule has 1 aliphatic carbocycles. The highest BCUT2D eigenvalue weighted by Crippen LogP contribution is 2.34. The average molecular weight is 460 g/mol. The highest BCUT2D eigenvalue weighted by atomic mass is 16.5. The Morgan fingerprint density at radius 2 is 1.82 bits per heavy atom. The molecule has 4 aromatic rings. The van der Waals surface area contributed by atoms with Gasteiger partial charge in [-0.2, -0.15) is 10.1 Å². The van der Waals surface area contributed by atoms with E-state index in [4.69, 9.17) is 9.47 Å². The van der Waals surface area contributed by atoms with Crippen molar-refractivity contribution in [3.8, 4) is 5.75 Å². The molecule has 0 atom stereocenters. The number of ether oxygens (including phenoxy) is 2. The van der Waals surface area contributed by atoms with E-state index < -0.39 is 0 Å². The third kappa shape index (κ3) is 4.27. The molecule has 9 nitrogen and oxygen atoms in total. The summed E-state index contributed by atoms with van der Waals surface area (Å²) in [6, 6.07) is 6.38. The van der Waals surface area contributed by atoms with Crippen molar-refractivity contribution in [2.75, 3.05) is 31.2 Å². The summed E-state index contributed by atoms with van der Waals surface area (Å²) >= 11 is 0. The number of benzene rings is 1. The number of nitrogens with zero attached hydrogens (tertiary/aromatic N) is 7. The van der Waals surface area contributed by atoms with Crippen LogP contribution in [0.4, 0.5) is 5.69 Å². The summed E-state index contributed by atoms with van der Waals surface area (Å²) in [5, 5.41) is 4.37. The Hall–Kier alpha value is -3.33. The zero-order valence-electron chi connectivity index (χ0n) is 19.4. The molecular formula is C25H29N7O2. The van der Waals surface area contributed by atoms with Crippen molar-refractivity contribution < 1.29 is 9.47 Å². The second-order valence-corrected chi connectivity index (χ2v) is 9.29. The van der Waals surface area contributed by atoms with E-state index in [0.29, 0.717) is 11.7 Å². The van der Waals surface area contributed by atoms with Gasteiger partial charge in [0.05, 0.1) is 24.8 Å². The standard InChI is InChI=1S/C25H29N7O2/c1-17-12-20(32-25(30-17)28-16-29-32)13-18-2-4-21(5-3-18)34-23-15-19(31-8-10-33-11-9-31)14-22-24(23)27-7-6-26-22/h6-7,12,14-16,18,21H,2-5,8-11,13H2,1H3. The maximum Gasteiger partial charge on any atom is 0.252 e. The topological polar surface area (TPSA) is 90.6 Å². The molecule has 6 rings (SSSR count). The largest absolute Gasteiger partial charge is 0.488 e. The maximum atomic E-state index is 6.58. The fourth-order valence-electron chi connectivity index (χ4n) is 5.20. The lowest BCUT2D eigenvalue weighted by atomic mass is 9.84. The molecule has 176 valence electrons. The summed E-state index contributed by atoms with van der Waals surface area (Å²) in [7, 11) is 0. The molecule has 0 amide bonds. The van der Waals surface area contributed by atoms with E-state index in [1.165, 1.54) is 5.69 Å². The van der Waals surface area contributed by atoms with Crippen molar-refractivity contribution >= 4 is 22.5 Å². The summed E-state index contributed by atoms with van der Waals surface area (Å²) < 4.78 is 14.0. The summed E-state index contributed by atoms with van der Waals surface area (Å²) in [4.78, 5) is 20.2. The molecular weight excluding hydrogens is 430 g/mol. The molecule has 0 radical (unpaired) electrons. The first kappa shape index (κ1) is 21.2. The van der Waals surface area contributed by atoms with Crippen molar-refractivity contribution in [2.24, 2.45) is 5.92 Å². The minimum atomic E-state index is 0.187. The molecule has 0 spiro atoms. The van der Waals surface area contributed by atoms with Gasteiger partial charge in [-0.1, -0.05) is 0 Å². The SMILES string of the molecule is Cc1cc(CC2CCC(Oc3cc(N4CCOCC4)cc4nccnc34)CC2)n2ncnc2n1. The van der Waals surface area contributed by atoms with Crippen LogP contribution in [0.15, 0.2) is 36.9 Å². The Balaban J connectivity index is 1.16. The zero-order valence-corrected chi connectivity index (χ0v) is 19.4. The molecule has 1 aliphatic heterocycles. The van der Waals surface area contributed by atoms with Crippen molar-refractivity contribution in [2.45, 2.75) is 45.1 Å². The number of morpholine rings is 1. The van der Waals surface area contributed by atoms with Crippen molar-refractivity contribution in [1.82, 2.24) is 29.5 Å². The molecule has 1 saturated carbocycles. The van der Waals surface area contributed by atoms with Crippen LogP contribution in [0.5, 0.6) is 5.75 Å². The lowest BCUT2D eigenvalue weighted by molar-refractivity contribution is 0.122. The van der Waals surface area contributed by atoms with Crippen molar-refractivity contribution in [1.29, 1.82) is 0 Å². The third-order valence-electron chi connectivity index (χ3n) is 6.94. The van der Waals surface area contributed by atoms with Crippen LogP contribution in [0.3, 0.4) is 0 Å².